The van der Waals surface area contributed by atoms with Crippen LogP contribution in [0.2, 0.25) is 0 Å². The zero-order valence-electron chi connectivity index (χ0n) is 18.6. The van der Waals surface area contributed by atoms with Gasteiger partial charge >= 0.3 is 0 Å². The summed E-state index contributed by atoms with van der Waals surface area (Å²) in [6.07, 6.45) is 9.27. The number of aryl methyl sites for hydroxylation is 2. The van der Waals surface area contributed by atoms with E-state index in [2.05, 4.69) is 32.6 Å². The van der Waals surface area contributed by atoms with E-state index < -0.39 is 0 Å². The number of hydrogen-bond donors (Lipinski definition) is 2. The minimum atomic E-state index is 0.297. The van der Waals surface area contributed by atoms with Crippen LogP contribution in [-0.4, -0.2) is 26.2 Å². The number of nitriles is 1. The molecule has 5 rings (SSSR count). The number of pyridine rings is 2. The van der Waals surface area contributed by atoms with Gasteiger partial charge in [0.2, 0.25) is 6.41 Å². The molecule has 3 heterocycles. The first-order chi connectivity index (χ1) is 16.0. The largest absolute Gasteiger partial charge is 0.383 e. The molecule has 8 heteroatoms. The number of carbonyl (C=O) groups is 1. The van der Waals surface area contributed by atoms with Gasteiger partial charge in [-0.1, -0.05) is 18.2 Å². The zero-order chi connectivity index (χ0) is 23.4. The monoisotopic (exact) mass is 439 g/mol. The number of nitrogens with two attached hydrogens (primary N) is 1. The van der Waals surface area contributed by atoms with Crippen LogP contribution in [0.5, 0.6) is 0 Å². The van der Waals surface area contributed by atoms with Crippen LogP contribution >= 0.6 is 0 Å². The number of nitrogen functional groups attached to an aromatic ring is 1. The van der Waals surface area contributed by atoms with E-state index in [-0.39, 0.29) is 0 Å². The second kappa shape index (κ2) is 9.49. The van der Waals surface area contributed by atoms with Gasteiger partial charge in [0.15, 0.2) is 0 Å². The first kappa shape index (κ1) is 22.0. The third kappa shape index (κ3) is 4.99. The van der Waals surface area contributed by atoms with Crippen molar-refractivity contribution >= 4 is 28.8 Å². The Balaban J connectivity index is 0.000000238. The SMILES string of the molecule is Cc1cccc(CC#N)c1-c1cc2cc(NC=O)ncc2c(N)n1.Cn1cc(C2CC2)cn1. The first-order valence-electron chi connectivity index (χ1n) is 10.7. The molecule has 1 saturated carbocycles. The molecule has 4 aromatic rings. The van der Waals surface area contributed by atoms with E-state index in [0.717, 1.165) is 28.0 Å². The highest BCUT2D eigenvalue weighted by atomic mass is 16.1. The quantitative estimate of drug-likeness (QED) is 0.451. The Morgan fingerprint density at radius 2 is 2.12 bits per heavy atom. The van der Waals surface area contributed by atoms with Crippen LogP contribution in [0.4, 0.5) is 11.6 Å². The van der Waals surface area contributed by atoms with Crippen molar-refractivity contribution in [1.82, 2.24) is 19.7 Å². The van der Waals surface area contributed by atoms with Crippen LogP contribution in [-0.2, 0) is 18.3 Å². The molecule has 3 aromatic heterocycles. The number of nitrogens with zero attached hydrogens (tertiary/aromatic N) is 5. The molecule has 0 bridgehead atoms. The fourth-order valence-electron chi connectivity index (χ4n) is 3.84. The zero-order valence-corrected chi connectivity index (χ0v) is 18.6. The summed E-state index contributed by atoms with van der Waals surface area (Å²) in [4.78, 5) is 19.2. The fourth-order valence-corrected chi connectivity index (χ4v) is 3.84. The number of carbonyl (C=O) groups excluding carboxylic acids is 1. The molecule has 1 amide bonds. The second-order valence-corrected chi connectivity index (χ2v) is 8.11. The Hall–Kier alpha value is -4.25. The molecular weight excluding hydrogens is 414 g/mol. The van der Waals surface area contributed by atoms with E-state index in [1.54, 1.807) is 12.3 Å². The van der Waals surface area contributed by atoms with Gasteiger partial charge in [-0.15, -0.1) is 0 Å². The number of aromatic nitrogens is 4. The van der Waals surface area contributed by atoms with Gasteiger partial charge in [0.25, 0.3) is 0 Å². The molecule has 0 aliphatic heterocycles. The molecule has 0 atom stereocenters. The first-order valence-corrected chi connectivity index (χ1v) is 10.7. The predicted octanol–water partition coefficient (Wildman–Crippen LogP) is 4.12. The molecule has 0 radical (unpaired) electrons. The predicted molar refractivity (Wildman–Crippen MR) is 128 cm³/mol. The van der Waals surface area contributed by atoms with Gasteiger partial charge in [0.05, 0.1) is 24.4 Å². The summed E-state index contributed by atoms with van der Waals surface area (Å²) >= 11 is 0. The number of hydrogen-bond acceptors (Lipinski definition) is 6. The maximum Gasteiger partial charge on any atom is 0.212 e. The third-order valence-electron chi connectivity index (χ3n) is 5.61. The third-order valence-corrected chi connectivity index (χ3v) is 5.61. The van der Waals surface area contributed by atoms with Crippen molar-refractivity contribution < 1.29 is 4.79 Å². The molecule has 1 fully saturated rings. The van der Waals surface area contributed by atoms with Crippen LogP contribution in [0.1, 0.15) is 35.4 Å². The van der Waals surface area contributed by atoms with Crippen molar-refractivity contribution in [2.75, 3.05) is 11.1 Å². The van der Waals surface area contributed by atoms with Gasteiger partial charge in [0.1, 0.15) is 11.6 Å². The lowest BCUT2D eigenvalue weighted by Gasteiger charge is -2.12. The van der Waals surface area contributed by atoms with E-state index in [4.69, 9.17) is 11.0 Å². The molecule has 8 nitrogen and oxygen atoms in total. The summed E-state index contributed by atoms with van der Waals surface area (Å²) in [7, 11) is 1.96. The lowest BCUT2D eigenvalue weighted by atomic mass is 9.96. The number of amides is 1. The highest BCUT2D eigenvalue weighted by Gasteiger charge is 2.24. The summed E-state index contributed by atoms with van der Waals surface area (Å²) < 4.78 is 1.87. The second-order valence-electron chi connectivity index (χ2n) is 8.11. The van der Waals surface area contributed by atoms with Gasteiger partial charge in [-0.2, -0.15) is 10.4 Å². The number of benzene rings is 1. The van der Waals surface area contributed by atoms with Gasteiger partial charge in [0, 0.05) is 30.4 Å². The lowest BCUT2D eigenvalue weighted by Crippen LogP contribution is -2.00. The van der Waals surface area contributed by atoms with Crippen molar-refractivity contribution in [2.45, 2.75) is 32.1 Å². The smallest absolute Gasteiger partial charge is 0.212 e. The van der Waals surface area contributed by atoms with Crippen LogP contribution in [0.25, 0.3) is 22.0 Å². The van der Waals surface area contributed by atoms with E-state index in [9.17, 15) is 4.79 Å². The molecule has 166 valence electrons. The van der Waals surface area contributed by atoms with E-state index >= 15 is 0 Å². The number of rotatable bonds is 5. The molecule has 1 aromatic carbocycles. The minimum absolute atomic E-state index is 0.297. The van der Waals surface area contributed by atoms with Crippen molar-refractivity contribution in [1.29, 1.82) is 5.26 Å². The normalized spacial score (nSPS) is 12.5. The Bertz CT molecular complexity index is 1350. The van der Waals surface area contributed by atoms with E-state index in [1.165, 1.54) is 18.4 Å². The lowest BCUT2D eigenvalue weighted by molar-refractivity contribution is -0.105. The summed E-state index contributed by atoms with van der Waals surface area (Å²) in [6, 6.07) is 11.6. The average molecular weight is 440 g/mol. The average Bonchev–Trinajstić information content (AvgIpc) is 3.55. The Morgan fingerprint density at radius 3 is 2.79 bits per heavy atom. The maximum atomic E-state index is 10.6. The molecule has 3 N–H and O–H groups in total. The van der Waals surface area contributed by atoms with E-state index in [1.807, 2.05) is 49.1 Å². The minimum Gasteiger partial charge on any atom is -0.383 e. The summed E-state index contributed by atoms with van der Waals surface area (Å²) in [6.45, 7) is 1.98. The Morgan fingerprint density at radius 1 is 1.30 bits per heavy atom. The van der Waals surface area contributed by atoms with Crippen molar-refractivity contribution in [3.63, 3.8) is 0 Å². The Kier molecular flexibility index (Phi) is 6.31. The van der Waals surface area contributed by atoms with Gasteiger partial charge in [-0.05, 0) is 59.9 Å². The van der Waals surface area contributed by atoms with Crippen LogP contribution in [0.3, 0.4) is 0 Å². The summed E-state index contributed by atoms with van der Waals surface area (Å²) in [5, 5.41) is 17.2. The Labute approximate surface area is 192 Å². The summed E-state index contributed by atoms with van der Waals surface area (Å²) in [5.41, 5.74) is 11.0. The number of nitrogens with one attached hydrogen (secondary N) is 1. The number of fused-ring (bicyclic) bond motifs is 1. The van der Waals surface area contributed by atoms with E-state index in [0.29, 0.717) is 35.5 Å². The molecule has 0 spiro atoms. The van der Waals surface area contributed by atoms with Crippen LogP contribution in [0, 0.1) is 18.3 Å². The summed E-state index contributed by atoms with van der Waals surface area (Å²) in [5.74, 6) is 1.65. The molecule has 0 saturated heterocycles. The number of anilines is 2. The van der Waals surface area contributed by atoms with Crippen molar-refractivity contribution in [3.05, 3.63) is 65.6 Å². The molecule has 0 unspecified atom stereocenters. The standard InChI is InChI=1S/C18H15N5O.C7H10N2/c1-11-3-2-4-12(5-6-19)17(11)15-7-13-8-16(22-10-24)21-9-14(13)18(20)23-15;1-9-5-7(4-8-9)6-2-3-6/h2-4,7-10H,5H2,1H3,(H2,20,23)(H,21,22,24);4-6H,2-3H2,1H3. The molecule has 33 heavy (non-hydrogen) atoms. The molecule has 1 aliphatic carbocycles. The van der Waals surface area contributed by atoms with Crippen molar-refractivity contribution in [3.8, 4) is 17.3 Å². The van der Waals surface area contributed by atoms with Crippen LogP contribution in [0.15, 0.2) is 48.9 Å². The van der Waals surface area contributed by atoms with Gasteiger partial charge < -0.3 is 11.1 Å². The van der Waals surface area contributed by atoms with Crippen LogP contribution < -0.4 is 11.1 Å². The topological polar surface area (TPSA) is 123 Å². The highest BCUT2D eigenvalue weighted by Crippen LogP contribution is 2.39. The van der Waals surface area contributed by atoms with Crippen molar-refractivity contribution in [2.24, 2.45) is 7.05 Å². The van der Waals surface area contributed by atoms with Gasteiger partial charge in [-0.25, -0.2) is 9.97 Å². The maximum absolute atomic E-state index is 10.6. The molecular formula is C25H25N7O. The molecule has 1 aliphatic rings. The van der Waals surface area contributed by atoms with Gasteiger partial charge in [-0.3, -0.25) is 9.48 Å². The highest BCUT2D eigenvalue weighted by molar-refractivity contribution is 5.95. The fraction of sp³-hybridized carbons (Fsp3) is 0.240.